The van der Waals surface area contributed by atoms with E-state index in [2.05, 4.69) is 33.1 Å². The van der Waals surface area contributed by atoms with Crippen molar-refractivity contribution in [1.82, 2.24) is 20.8 Å². The molecule has 2 atom stereocenters. The van der Waals surface area contributed by atoms with Crippen molar-refractivity contribution in [2.24, 2.45) is 5.92 Å². The molecule has 7 nitrogen and oxygen atoms in total. The van der Waals surface area contributed by atoms with Crippen molar-refractivity contribution in [2.75, 3.05) is 11.1 Å². The maximum atomic E-state index is 12.0. The average molecular weight is 420 g/mol. The molecule has 1 aromatic heterocycles. The van der Waals surface area contributed by atoms with E-state index in [1.165, 1.54) is 29.5 Å². The Morgan fingerprint density at radius 1 is 1.18 bits per heavy atom. The van der Waals surface area contributed by atoms with Crippen LogP contribution in [0.2, 0.25) is 0 Å². The van der Waals surface area contributed by atoms with Crippen LogP contribution in [0.25, 0.3) is 0 Å². The second-order valence-corrected chi connectivity index (χ2v) is 9.09. The Morgan fingerprint density at radius 2 is 1.96 bits per heavy atom. The highest BCUT2D eigenvalue weighted by molar-refractivity contribution is 8.01. The van der Waals surface area contributed by atoms with E-state index in [4.69, 9.17) is 0 Å². The lowest BCUT2D eigenvalue weighted by molar-refractivity contribution is -0.117. The molecule has 0 spiro atoms. The Balaban J connectivity index is 1.37. The second-order valence-electron chi connectivity index (χ2n) is 6.89. The Morgan fingerprint density at radius 3 is 2.75 bits per heavy atom. The molecule has 9 heteroatoms. The molecule has 1 aliphatic rings. The number of thioether (sulfide) groups is 1. The van der Waals surface area contributed by atoms with E-state index < -0.39 is 6.03 Å². The highest BCUT2D eigenvalue weighted by Gasteiger charge is 2.23. The molecular weight excluding hydrogens is 394 g/mol. The zero-order valence-electron chi connectivity index (χ0n) is 15.8. The van der Waals surface area contributed by atoms with Gasteiger partial charge in [0.1, 0.15) is 0 Å². The molecule has 0 unspecified atom stereocenters. The maximum absolute atomic E-state index is 12.0. The molecule has 28 heavy (non-hydrogen) atoms. The number of benzene rings is 1. The summed E-state index contributed by atoms with van der Waals surface area (Å²) in [6.45, 7) is 2.81. The number of imide groups is 1. The molecule has 1 saturated carbocycles. The first-order valence-electron chi connectivity index (χ1n) is 9.44. The van der Waals surface area contributed by atoms with Gasteiger partial charge in [-0.15, -0.1) is 10.2 Å². The van der Waals surface area contributed by atoms with E-state index in [1.807, 2.05) is 30.3 Å². The van der Waals surface area contributed by atoms with Gasteiger partial charge in [0.15, 0.2) is 4.34 Å². The summed E-state index contributed by atoms with van der Waals surface area (Å²) >= 11 is 2.66. The fourth-order valence-corrected chi connectivity index (χ4v) is 4.69. The van der Waals surface area contributed by atoms with Gasteiger partial charge in [0.05, 0.1) is 5.75 Å². The number of hydrogen-bond acceptors (Lipinski definition) is 7. The highest BCUT2D eigenvalue weighted by atomic mass is 32.2. The molecule has 2 aromatic rings. The van der Waals surface area contributed by atoms with E-state index in [0.717, 1.165) is 24.8 Å². The lowest BCUT2D eigenvalue weighted by atomic mass is 9.86. The summed E-state index contributed by atoms with van der Waals surface area (Å²) in [5, 5.41) is 17.4. The molecule has 0 aliphatic heterocycles. The van der Waals surface area contributed by atoms with Crippen molar-refractivity contribution in [3.05, 3.63) is 35.9 Å². The van der Waals surface area contributed by atoms with Gasteiger partial charge in [-0.05, 0) is 24.3 Å². The minimum absolute atomic E-state index is 0.126. The Kier molecular flexibility index (Phi) is 7.67. The van der Waals surface area contributed by atoms with Gasteiger partial charge in [0, 0.05) is 12.6 Å². The van der Waals surface area contributed by atoms with Crippen LogP contribution in [-0.2, 0) is 11.3 Å². The van der Waals surface area contributed by atoms with Gasteiger partial charge in [-0.25, -0.2) is 4.79 Å². The summed E-state index contributed by atoms with van der Waals surface area (Å²) in [6.07, 6.45) is 4.42. The molecule has 0 bridgehead atoms. The zero-order chi connectivity index (χ0) is 19.8. The standard InChI is InChI=1S/C19H25N5O2S2/c1-13-7-5-6-10-15(13)21-17(26)22-16(25)12-27-19-24-23-18(28-19)20-11-14-8-3-2-4-9-14/h2-4,8-9,13,15H,5-7,10-12H2,1H3,(H,20,23)(H2,21,22,25,26)/t13-,15-/m0/s1. The van der Waals surface area contributed by atoms with Crippen LogP contribution in [-0.4, -0.2) is 33.9 Å². The van der Waals surface area contributed by atoms with Crippen LogP contribution in [0.3, 0.4) is 0 Å². The SMILES string of the molecule is C[C@H]1CCCC[C@@H]1NC(=O)NC(=O)CSc1nnc(NCc2ccccc2)s1. The topological polar surface area (TPSA) is 96.0 Å². The first kappa shape index (κ1) is 20.6. The monoisotopic (exact) mass is 419 g/mol. The van der Waals surface area contributed by atoms with Crippen molar-refractivity contribution >= 4 is 40.2 Å². The number of urea groups is 1. The molecule has 3 N–H and O–H groups in total. The van der Waals surface area contributed by atoms with Crippen molar-refractivity contribution in [3.8, 4) is 0 Å². The summed E-state index contributed by atoms with van der Waals surface area (Å²) in [4.78, 5) is 24.0. The van der Waals surface area contributed by atoms with Gasteiger partial charge in [0.2, 0.25) is 11.0 Å². The minimum atomic E-state index is -0.410. The first-order chi connectivity index (χ1) is 13.6. The number of carbonyl (C=O) groups excluding carboxylic acids is 2. The highest BCUT2D eigenvalue weighted by Crippen LogP contribution is 2.26. The quantitative estimate of drug-likeness (QED) is 0.593. The fraction of sp³-hybridized carbons (Fsp3) is 0.474. The Labute approximate surface area is 173 Å². The molecule has 3 rings (SSSR count). The number of rotatable bonds is 7. The third kappa shape index (κ3) is 6.49. The molecule has 1 aliphatic carbocycles. The summed E-state index contributed by atoms with van der Waals surface area (Å²) in [5.41, 5.74) is 1.16. The van der Waals surface area contributed by atoms with E-state index >= 15 is 0 Å². The summed E-state index contributed by atoms with van der Waals surface area (Å²) in [5.74, 6) is 0.244. The Bertz CT molecular complexity index is 784. The van der Waals surface area contributed by atoms with Gasteiger partial charge in [0.25, 0.3) is 0 Å². The van der Waals surface area contributed by atoms with Gasteiger partial charge in [-0.1, -0.05) is 73.2 Å². The number of anilines is 1. The molecule has 1 aromatic carbocycles. The molecule has 1 heterocycles. The molecule has 3 amide bonds. The van der Waals surface area contributed by atoms with E-state index in [9.17, 15) is 9.59 Å². The molecule has 150 valence electrons. The third-order valence-electron chi connectivity index (χ3n) is 4.70. The van der Waals surface area contributed by atoms with E-state index in [-0.39, 0.29) is 17.7 Å². The number of aromatic nitrogens is 2. The zero-order valence-corrected chi connectivity index (χ0v) is 17.4. The smallest absolute Gasteiger partial charge is 0.321 e. The number of carbonyl (C=O) groups is 2. The predicted octanol–water partition coefficient (Wildman–Crippen LogP) is 3.65. The van der Waals surface area contributed by atoms with E-state index in [0.29, 0.717) is 21.9 Å². The van der Waals surface area contributed by atoms with Crippen LogP contribution in [0.1, 0.15) is 38.2 Å². The molecule has 0 radical (unpaired) electrons. The predicted molar refractivity (Wildman–Crippen MR) is 112 cm³/mol. The maximum Gasteiger partial charge on any atom is 0.321 e. The molecule has 1 fully saturated rings. The van der Waals surface area contributed by atoms with E-state index in [1.54, 1.807) is 0 Å². The fourth-order valence-electron chi connectivity index (χ4n) is 3.14. The van der Waals surface area contributed by atoms with Gasteiger partial charge < -0.3 is 10.6 Å². The lowest BCUT2D eigenvalue weighted by Gasteiger charge is -2.29. The van der Waals surface area contributed by atoms with Crippen LogP contribution in [0.15, 0.2) is 34.7 Å². The van der Waals surface area contributed by atoms with Crippen LogP contribution in [0, 0.1) is 5.92 Å². The normalized spacial score (nSPS) is 19.0. The molecular formula is C19H25N5O2S2. The van der Waals surface area contributed by atoms with Crippen LogP contribution in [0.5, 0.6) is 0 Å². The van der Waals surface area contributed by atoms with Crippen molar-refractivity contribution in [1.29, 1.82) is 0 Å². The van der Waals surface area contributed by atoms with Gasteiger partial charge in [-0.2, -0.15) is 0 Å². The number of nitrogens with zero attached hydrogens (tertiary/aromatic N) is 2. The van der Waals surface area contributed by atoms with Crippen molar-refractivity contribution < 1.29 is 9.59 Å². The van der Waals surface area contributed by atoms with Crippen LogP contribution < -0.4 is 16.0 Å². The number of amides is 3. The van der Waals surface area contributed by atoms with Crippen LogP contribution in [0.4, 0.5) is 9.93 Å². The largest absolute Gasteiger partial charge is 0.356 e. The molecule has 0 saturated heterocycles. The van der Waals surface area contributed by atoms with Crippen molar-refractivity contribution in [2.45, 2.75) is 49.5 Å². The minimum Gasteiger partial charge on any atom is -0.356 e. The summed E-state index contributed by atoms with van der Waals surface area (Å²) < 4.78 is 0.687. The summed E-state index contributed by atoms with van der Waals surface area (Å²) in [7, 11) is 0. The third-order valence-corrected chi connectivity index (χ3v) is 6.71. The lowest BCUT2D eigenvalue weighted by Crippen LogP contribution is -2.48. The first-order valence-corrected chi connectivity index (χ1v) is 11.2. The number of nitrogens with one attached hydrogen (secondary N) is 3. The van der Waals surface area contributed by atoms with Crippen LogP contribution >= 0.6 is 23.1 Å². The summed E-state index contributed by atoms with van der Waals surface area (Å²) in [6, 6.07) is 9.76. The Hall–Kier alpha value is -2.13. The second kappa shape index (κ2) is 10.4. The average Bonchev–Trinajstić information content (AvgIpc) is 3.15. The van der Waals surface area contributed by atoms with Gasteiger partial charge >= 0.3 is 6.03 Å². The number of hydrogen-bond donors (Lipinski definition) is 3. The van der Waals surface area contributed by atoms with Crippen molar-refractivity contribution in [3.63, 3.8) is 0 Å². The van der Waals surface area contributed by atoms with Gasteiger partial charge in [-0.3, -0.25) is 10.1 Å².